The normalized spacial score (nSPS) is 45.8. The average Bonchev–Trinajstić information content (AvgIpc) is 1.96. The molecule has 0 aliphatic carbocycles. The molecule has 11 heavy (non-hydrogen) atoms. The zero-order valence-electron chi connectivity index (χ0n) is 6.47. The Morgan fingerprint density at radius 2 is 2.09 bits per heavy atom. The van der Waals surface area contributed by atoms with Gasteiger partial charge >= 0.3 is 0 Å². The van der Waals surface area contributed by atoms with Crippen molar-refractivity contribution in [2.45, 2.75) is 37.8 Å². The molecule has 1 heterocycles. The van der Waals surface area contributed by atoms with Crippen LogP contribution >= 0.6 is 0 Å². The van der Waals surface area contributed by atoms with E-state index in [-0.39, 0.29) is 12.7 Å². The highest BCUT2D eigenvalue weighted by Crippen LogP contribution is 2.19. The lowest BCUT2D eigenvalue weighted by atomic mass is 9.99. The molecule has 0 aromatic heterocycles. The van der Waals surface area contributed by atoms with Gasteiger partial charge in [0.2, 0.25) is 0 Å². The summed E-state index contributed by atoms with van der Waals surface area (Å²) < 4.78 is 5.16. The molecule has 1 saturated heterocycles. The van der Waals surface area contributed by atoms with E-state index in [2.05, 4.69) is 0 Å². The Hall–Kier alpha value is -0.160. The van der Waals surface area contributed by atoms with Gasteiger partial charge in [0.05, 0.1) is 18.8 Å². The van der Waals surface area contributed by atoms with Crippen LogP contribution in [-0.2, 0) is 4.74 Å². The SMILES string of the molecule is CC1CC(O)[C@H](O)C(CO)O1. The van der Waals surface area contributed by atoms with Crippen molar-refractivity contribution in [3.8, 4) is 0 Å². The molecule has 4 heteroatoms. The van der Waals surface area contributed by atoms with Crippen LogP contribution in [0.2, 0.25) is 0 Å². The van der Waals surface area contributed by atoms with Crippen LogP contribution in [0, 0.1) is 0 Å². The summed E-state index contributed by atoms with van der Waals surface area (Å²) in [5.41, 5.74) is 0. The molecule has 3 unspecified atom stereocenters. The molecule has 4 atom stereocenters. The van der Waals surface area contributed by atoms with Gasteiger partial charge in [-0.3, -0.25) is 0 Å². The van der Waals surface area contributed by atoms with E-state index in [1.54, 1.807) is 6.92 Å². The maximum atomic E-state index is 9.22. The van der Waals surface area contributed by atoms with E-state index < -0.39 is 18.3 Å². The maximum Gasteiger partial charge on any atom is 0.109 e. The Kier molecular flexibility index (Phi) is 2.84. The van der Waals surface area contributed by atoms with E-state index in [9.17, 15) is 10.2 Å². The lowest BCUT2D eigenvalue weighted by Gasteiger charge is -2.34. The Balaban J connectivity index is 2.51. The molecule has 4 nitrogen and oxygen atoms in total. The summed E-state index contributed by atoms with van der Waals surface area (Å²) in [6.07, 6.45) is -2.01. The van der Waals surface area contributed by atoms with E-state index in [1.165, 1.54) is 0 Å². The molecule has 0 saturated carbocycles. The van der Waals surface area contributed by atoms with Gasteiger partial charge in [0.15, 0.2) is 0 Å². The van der Waals surface area contributed by atoms with Crippen LogP contribution in [0.15, 0.2) is 0 Å². The first-order valence-corrected chi connectivity index (χ1v) is 3.77. The molecule has 0 aromatic carbocycles. The molecule has 0 radical (unpaired) electrons. The minimum atomic E-state index is -0.948. The summed E-state index contributed by atoms with van der Waals surface area (Å²) in [6, 6.07) is 0. The van der Waals surface area contributed by atoms with Crippen molar-refractivity contribution >= 4 is 0 Å². The van der Waals surface area contributed by atoms with Crippen molar-refractivity contribution in [3.63, 3.8) is 0 Å². The maximum absolute atomic E-state index is 9.22. The van der Waals surface area contributed by atoms with Gasteiger partial charge in [-0.15, -0.1) is 0 Å². The fourth-order valence-electron chi connectivity index (χ4n) is 1.31. The van der Waals surface area contributed by atoms with Crippen molar-refractivity contribution in [2.75, 3.05) is 6.61 Å². The van der Waals surface area contributed by atoms with Crippen LogP contribution in [0.4, 0.5) is 0 Å². The van der Waals surface area contributed by atoms with E-state index in [4.69, 9.17) is 9.84 Å². The molecule has 0 aromatic rings. The van der Waals surface area contributed by atoms with Crippen molar-refractivity contribution in [1.82, 2.24) is 0 Å². The van der Waals surface area contributed by atoms with Gasteiger partial charge in [0, 0.05) is 6.42 Å². The number of rotatable bonds is 1. The summed E-state index contributed by atoms with van der Waals surface area (Å²) >= 11 is 0. The molecular formula is C7H14O4. The lowest BCUT2D eigenvalue weighted by Crippen LogP contribution is -2.49. The van der Waals surface area contributed by atoms with Crippen molar-refractivity contribution in [2.24, 2.45) is 0 Å². The minimum Gasteiger partial charge on any atom is -0.394 e. The van der Waals surface area contributed by atoms with E-state index >= 15 is 0 Å². The van der Waals surface area contributed by atoms with Crippen LogP contribution in [-0.4, -0.2) is 46.3 Å². The summed E-state index contributed by atoms with van der Waals surface area (Å²) in [5, 5.41) is 27.1. The smallest absolute Gasteiger partial charge is 0.109 e. The van der Waals surface area contributed by atoms with E-state index in [1.807, 2.05) is 0 Å². The first-order chi connectivity index (χ1) is 5.15. The molecule has 0 amide bonds. The van der Waals surface area contributed by atoms with Gasteiger partial charge in [-0.25, -0.2) is 0 Å². The topological polar surface area (TPSA) is 69.9 Å². The standard InChI is InChI=1S/C7H14O4/c1-4-2-5(9)7(10)6(3-8)11-4/h4-10H,2-3H2,1H3/t4?,5?,6?,7-/m0/s1. The zero-order valence-corrected chi connectivity index (χ0v) is 6.47. The van der Waals surface area contributed by atoms with Crippen LogP contribution < -0.4 is 0 Å². The van der Waals surface area contributed by atoms with Gasteiger partial charge in [0.1, 0.15) is 12.2 Å². The largest absolute Gasteiger partial charge is 0.394 e. The summed E-state index contributed by atoms with van der Waals surface area (Å²) in [6.45, 7) is 1.56. The second-order valence-electron chi connectivity index (χ2n) is 2.96. The Bertz CT molecular complexity index is 128. The minimum absolute atomic E-state index is 0.0921. The van der Waals surface area contributed by atoms with Gasteiger partial charge in [-0.05, 0) is 6.92 Å². The highest BCUT2D eigenvalue weighted by atomic mass is 16.5. The lowest BCUT2D eigenvalue weighted by molar-refractivity contribution is -0.174. The molecular weight excluding hydrogens is 148 g/mol. The zero-order chi connectivity index (χ0) is 8.43. The molecule has 1 fully saturated rings. The third-order valence-electron chi connectivity index (χ3n) is 1.94. The van der Waals surface area contributed by atoms with Crippen molar-refractivity contribution in [3.05, 3.63) is 0 Å². The number of aliphatic hydroxyl groups excluding tert-OH is 3. The molecule has 0 spiro atoms. The first kappa shape index (κ1) is 8.93. The monoisotopic (exact) mass is 162 g/mol. The second-order valence-corrected chi connectivity index (χ2v) is 2.96. The quantitative estimate of drug-likeness (QED) is 0.456. The third kappa shape index (κ3) is 1.90. The van der Waals surface area contributed by atoms with Crippen LogP contribution in [0.5, 0.6) is 0 Å². The van der Waals surface area contributed by atoms with Crippen molar-refractivity contribution < 1.29 is 20.1 Å². The van der Waals surface area contributed by atoms with Gasteiger partial charge in [-0.1, -0.05) is 0 Å². The molecule has 3 N–H and O–H groups in total. The number of ether oxygens (including phenoxy) is 1. The average molecular weight is 162 g/mol. The van der Waals surface area contributed by atoms with E-state index in [0.29, 0.717) is 6.42 Å². The fraction of sp³-hybridized carbons (Fsp3) is 1.00. The Morgan fingerprint density at radius 1 is 1.45 bits per heavy atom. The summed E-state index contributed by atoms with van der Waals surface area (Å²) in [5.74, 6) is 0. The Morgan fingerprint density at radius 3 is 2.64 bits per heavy atom. The second kappa shape index (κ2) is 3.49. The first-order valence-electron chi connectivity index (χ1n) is 3.77. The number of aliphatic hydroxyl groups is 3. The molecule has 1 aliphatic heterocycles. The van der Waals surface area contributed by atoms with Gasteiger partial charge in [-0.2, -0.15) is 0 Å². The fourth-order valence-corrected chi connectivity index (χ4v) is 1.31. The summed E-state index contributed by atoms with van der Waals surface area (Å²) in [4.78, 5) is 0. The predicted molar refractivity (Wildman–Crippen MR) is 38.1 cm³/mol. The van der Waals surface area contributed by atoms with E-state index in [0.717, 1.165) is 0 Å². The number of hydrogen-bond acceptors (Lipinski definition) is 4. The van der Waals surface area contributed by atoms with Gasteiger partial charge in [0.25, 0.3) is 0 Å². The van der Waals surface area contributed by atoms with Crippen LogP contribution in [0.3, 0.4) is 0 Å². The van der Waals surface area contributed by atoms with Crippen LogP contribution in [0.1, 0.15) is 13.3 Å². The molecule has 1 aliphatic rings. The highest BCUT2D eigenvalue weighted by molar-refractivity contribution is 4.83. The highest BCUT2D eigenvalue weighted by Gasteiger charge is 2.34. The summed E-state index contributed by atoms with van der Waals surface area (Å²) in [7, 11) is 0. The third-order valence-corrected chi connectivity index (χ3v) is 1.94. The number of hydrogen-bond donors (Lipinski definition) is 3. The molecule has 66 valence electrons. The van der Waals surface area contributed by atoms with Crippen molar-refractivity contribution in [1.29, 1.82) is 0 Å². The molecule has 0 bridgehead atoms. The van der Waals surface area contributed by atoms with Crippen LogP contribution in [0.25, 0.3) is 0 Å². The molecule has 1 rings (SSSR count). The predicted octanol–water partition coefficient (Wildman–Crippen LogP) is -1.12. The Labute approximate surface area is 65.4 Å². The van der Waals surface area contributed by atoms with Gasteiger partial charge < -0.3 is 20.1 Å².